The molecule has 0 radical (unpaired) electrons. The summed E-state index contributed by atoms with van der Waals surface area (Å²) in [4.78, 5) is 22.7. The number of rotatable bonds is 3. The Balaban J connectivity index is 1.86. The zero-order valence-electron chi connectivity index (χ0n) is 18.1. The fourth-order valence-corrected chi connectivity index (χ4v) is 2.77. The van der Waals surface area contributed by atoms with Crippen LogP contribution in [0.5, 0.6) is 0 Å². The normalized spacial score (nSPS) is 18.8. The van der Waals surface area contributed by atoms with E-state index >= 15 is 0 Å². The smallest absolute Gasteiger partial charge is 0.410 e. The first-order valence-corrected chi connectivity index (χ1v) is 9.76. The second-order valence-corrected chi connectivity index (χ2v) is 9.10. The molecule has 1 aliphatic heterocycles. The third-order valence-corrected chi connectivity index (χ3v) is 4.16. The summed E-state index contributed by atoms with van der Waals surface area (Å²) in [7, 11) is 1.71. The fourth-order valence-electron chi connectivity index (χ4n) is 2.77. The summed E-state index contributed by atoms with van der Waals surface area (Å²) < 4.78 is 10.8. The van der Waals surface area contributed by atoms with Crippen molar-refractivity contribution >= 4 is 12.1 Å². The van der Waals surface area contributed by atoms with Crippen LogP contribution in [0.4, 0.5) is 4.79 Å². The van der Waals surface area contributed by atoms with Crippen molar-refractivity contribution in [3.63, 3.8) is 0 Å². The van der Waals surface area contributed by atoms with E-state index in [0.29, 0.717) is 37.3 Å². The van der Waals surface area contributed by atoms with Gasteiger partial charge >= 0.3 is 6.09 Å². The van der Waals surface area contributed by atoms with Crippen LogP contribution in [0.15, 0.2) is 9.52 Å². The lowest BCUT2D eigenvalue weighted by Crippen LogP contribution is -2.53. The zero-order chi connectivity index (χ0) is 20.9. The predicted molar refractivity (Wildman–Crippen MR) is 107 cm³/mol. The van der Waals surface area contributed by atoms with Gasteiger partial charge in [0.2, 0.25) is 5.89 Å². The average Bonchev–Trinajstić information content (AvgIpc) is 3.06. The van der Waals surface area contributed by atoms with Crippen LogP contribution in [0, 0.1) is 0 Å². The molecule has 0 bridgehead atoms. The molecule has 158 valence electrons. The van der Waals surface area contributed by atoms with Crippen LogP contribution in [0.3, 0.4) is 0 Å². The molecule has 1 saturated heterocycles. The number of carbonyl (C=O) groups excluding carboxylic acids is 1. The Labute approximate surface area is 167 Å². The highest BCUT2D eigenvalue weighted by Gasteiger charge is 2.28. The number of carbonyl (C=O) groups is 1. The maximum Gasteiger partial charge on any atom is 0.410 e. The summed E-state index contributed by atoms with van der Waals surface area (Å²) in [5, 5.41) is 10.6. The van der Waals surface area contributed by atoms with Crippen molar-refractivity contribution in [2.24, 2.45) is 4.99 Å². The van der Waals surface area contributed by atoms with Crippen LogP contribution < -0.4 is 10.6 Å². The molecule has 0 aromatic carbocycles. The standard InChI is InChI=1S/C19H34N6O3/c1-18(2,3)15-23-14(24-28-15)11-21-16(20-7)22-13-9-8-10-25(12-13)17(26)27-19(4,5)6/h13H,8-12H2,1-7H3,(H2,20,21,22). The van der Waals surface area contributed by atoms with Gasteiger partial charge in [-0.1, -0.05) is 25.9 Å². The number of ether oxygens (including phenoxy) is 1. The molecule has 0 spiro atoms. The van der Waals surface area contributed by atoms with Crippen LogP contribution in [-0.4, -0.2) is 58.9 Å². The first kappa shape index (κ1) is 22.0. The van der Waals surface area contributed by atoms with Gasteiger partial charge in [0, 0.05) is 31.6 Å². The van der Waals surface area contributed by atoms with Crippen molar-refractivity contribution in [2.45, 2.75) is 78.0 Å². The molecule has 1 aromatic heterocycles. The minimum absolute atomic E-state index is 0.0999. The van der Waals surface area contributed by atoms with E-state index in [0.717, 1.165) is 12.8 Å². The van der Waals surface area contributed by atoms with Crippen LogP contribution in [0.2, 0.25) is 0 Å². The molecular weight excluding hydrogens is 360 g/mol. The SMILES string of the molecule is CN=C(NCc1noc(C(C)(C)C)n1)NC1CCCN(C(=O)OC(C)(C)C)C1. The maximum atomic E-state index is 12.3. The molecule has 1 aromatic rings. The third-order valence-electron chi connectivity index (χ3n) is 4.16. The summed E-state index contributed by atoms with van der Waals surface area (Å²) in [5.74, 6) is 1.82. The maximum absolute atomic E-state index is 12.3. The van der Waals surface area contributed by atoms with Gasteiger partial charge in [0.15, 0.2) is 11.8 Å². The topological polar surface area (TPSA) is 105 Å². The number of hydrogen-bond acceptors (Lipinski definition) is 6. The van der Waals surface area contributed by atoms with Crippen LogP contribution in [-0.2, 0) is 16.7 Å². The Bertz CT molecular complexity index is 687. The minimum Gasteiger partial charge on any atom is -0.444 e. The number of nitrogens with zero attached hydrogens (tertiary/aromatic N) is 4. The molecule has 2 rings (SSSR count). The fraction of sp³-hybridized carbons (Fsp3) is 0.789. The van der Waals surface area contributed by atoms with Crippen molar-refractivity contribution in [1.29, 1.82) is 0 Å². The Morgan fingerprint density at radius 2 is 2.04 bits per heavy atom. The minimum atomic E-state index is -0.494. The third kappa shape index (κ3) is 6.69. The highest BCUT2D eigenvalue weighted by molar-refractivity contribution is 5.80. The molecular formula is C19H34N6O3. The van der Waals surface area contributed by atoms with E-state index in [-0.39, 0.29) is 17.6 Å². The largest absolute Gasteiger partial charge is 0.444 e. The first-order valence-electron chi connectivity index (χ1n) is 9.76. The lowest BCUT2D eigenvalue weighted by Gasteiger charge is -2.34. The van der Waals surface area contributed by atoms with Gasteiger partial charge in [-0.2, -0.15) is 4.98 Å². The molecule has 9 heteroatoms. The number of nitrogens with one attached hydrogen (secondary N) is 2. The molecule has 0 aliphatic carbocycles. The molecule has 1 aliphatic rings. The van der Waals surface area contributed by atoms with Gasteiger partial charge in [0.05, 0.1) is 6.54 Å². The Kier molecular flexibility index (Phi) is 6.90. The van der Waals surface area contributed by atoms with Gasteiger partial charge in [-0.25, -0.2) is 4.79 Å². The van der Waals surface area contributed by atoms with Gasteiger partial charge < -0.3 is 24.8 Å². The van der Waals surface area contributed by atoms with Gasteiger partial charge in [-0.05, 0) is 33.6 Å². The molecule has 28 heavy (non-hydrogen) atoms. The first-order chi connectivity index (χ1) is 13.0. The molecule has 0 saturated carbocycles. The van der Waals surface area contributed by atoms with E-state index in [4.69, 9.17) is 9.26 Å². The Morgan fingerprint density at radius 3 is 2.61 bits per heavy atom. The van der Waals surface area contributed by atoms with Gasteiger partial charge in [-0.3, -0.25) is 4.99 Å². The second-order valence-electron chi connectivity index (χ2n) is 9.10. The van der Waals surface area contributed by atoms with E-state index in [2.05, 4.69) is 25.8 Å². The van der Waals surface area contributed by atoms with Crippen molar-refractivity contribution in [2.75, 3.05) is 20.1 Å². The van der Waals surface area contributed by atoms with Crippen molar-refractivity contribution in [1.82, 2.24) is 25.7 Å². The number of piperidine rings is 1. The lowest BCUT2D eigenvalue weighted by atomic mass is 9.97. The number of amides is 1. The molecule has 2 N–H and O–H groups in total. The Hall–Kier alpha value is -2.32. The molecule has 1 fully saturated rings. The van der Waals surface area contributed by atoms with E-state index in [1.807, 2.05) is 41.5 Å². The van der Waals surface area contributed by atoms with Gasteiger partial charge in [-0.15, -0.1) is 0 Å². The number of guanidine groups is 1. The van der Waals surface area contributed by atoms with E-state index in [9.17, 15) is 4.79 Å². The van der Waals surface area contributed by atoms with Crippen molar-refractivity contribution in [3.8, 4) is 0 Å². The number of aliphatic imine (C=N–C) groups is 1. The lowest BCUT2D eigenvalue weighted by molar-refractivity contribution is 0.0193. The highest BCUT2D eigenvalue weighted by Crippen LogP contribution is 2.19. The molecule has 1 atom stereocenters. The number of aromatic nitrogens is 2. The van der Waals surface area contributed by atoms with Crippen molar-refractivity contribution in [3.05, 3.63) is 11.7 Å². The van der Waals surface area contributed by atoms with Gasteiger partial charge in [0.1, 0.15) is 5.60 Å². The molecule has 9 nitrogen and oxygen atoms in total. The van der Waals surface area contributed by atoms with Crippen LogP contribution in [0.1, 0.15) is 66.1 Å². The van der Waals surface area contributed by atoms with E-state index in [1.54, 1.807) is 11.9 Å². The van der Waals surface area contributed by atoms with Gasteiger partial charge in [0.25, 0.3) is 0 Å². The summed E-state index contributed by atoms with van der Waals surface area (Å²) >= 11 is 0. The predicted octanol–water partition coefficient (Wildman–Crippen LogP) is 2.43. The summed E-state index contributed by atoms with van der Waals surface area (Å²) in [5.41, 5.74) is -0.677. The number of hydrogen-bond donors (Lipinski definition) is 2. The second kappa shape index (κ2) is 8.79. The van der Waals surface area contributed by atoms with Crippen molar-refractivity contribution < 1.29 is 14.1 Å². The van der Waals surface area contributed by atoms with E-state index < -0.39 is 5.60 Å². The summed E-state index contributed by atoms with van der Waals surface area (Å²) in [6, 6.07) is 0.0999. The molecule has 1 unspecified atom stereocenters. The van der Waals surface area contributed by atoms with Crippen LogP contribution >= 0.6 is 0 Å². The van der Waals surface area contributed by atoms with Crippen LogP contribution in [0.25, 0.3) is 0 Å². The number of likely N-dealkylation sites (tertiary alicyclic amines) is 1. The molecule has 1 amide bonds. The monoisotopic (exact) mass is 394 g/mol. The summed E-state index contributed by atoms with van der Waals surface area (Å²) in [6.45, 7) is 13.4. The quantitative estimate of drug-likeness (QED) is 0.599. The highest BCUT2D eigenvalue weighted by atomic mass is 16.6. The summed E-state index contributed by atoms with van der Waals surface area (Å²) in [6.07, 6.45) is 1.59. The Morgan fingerprint density at radius 1 is 1.32 bits per heavy atom. The average molecular weight is 395 g/mol. The molecule has 2 heterocycles. The zero-order valence-corrected chi connectivity index (χ0v) is 18.1. The van der Waals surface area contributed by atoms with E-state index in [1.165, 1.54) is 0 Å².